The molecule has 0 radical (unpaired) electrons. The van der Waals surface area contributed by atoms with Gasteiger partial charge >= 0.3 is 0 Å². The third kappa shape index (κ3) is 3.19. The van der Waals surface area contributed by atoms with Gasteiger partial charge in [0.15, 0.2) is 6.61 Å². The summed E-state index contributed by atoms with van der Waals surface area (Å²) in [7, 11) is 0. The van der Waals surface area contributed by atoms with E-state index in [4.69, 9.17) is 9.47 Å². The molecule has 1 spiro atoms. The fraction of sp³-hybridized carbons (Fsp3) is 0.562. The zero-order valence-corrected chi connectivity index (χ0v) is 12.4. The van der Waals surface area contributed by atoms with Gasteiger partial charge in [0.25, 0.3) is 5.91 Å². The van der Waals surface area contributed by atoms with Crippen molar-refractivity contribution in [3.8, 4) is 5.75 Å². The molecule has 1 amide bonds. The molecule has 5 heteroatoms. The molecule has 1 atom stereocenters. The number of carbonyl (C=O) groups excluding carboxylic acids is 1. The van der Waals surface area contributed by atoms with E-state index in [0.29, 0.717) is 19.7 Å². The van der Waals surface area contributed by atoms with E-state index < -0.39 is 0 Å². The lowest BCUT2D eigenvalue weighted by molar-refractivity contribution is -0.149. The van der Waals surface area contributed by atoms with E-state index in [1.807, 2.05) is 36.1 Å². The van der Waals surface area contributed by atoms with Crippen molar-refractivity contribution in [2.75, 3.05) is 39.4 Å². The van der Waals surface area contributed by atoms with Crippen LogP contribution in [0, 0.1) is 6.92 Å². The van der Waals surface area contributed by atoms with Crippen molar-refractivity contribution in [1.29, 1.82) is 0 Å². The summed E-state index contributed by atoms with van der Waals surface area (Å²) in [5.41, 5.74) is 0.861. The largest absolute Gasteiger partial charge is 0.484 e. The highest BCUT2D eigenvalue weighted by Gasteiger charge is 2.40. The molecule has 0 aromatic heterocycles. The minimum Gasteiger partial charge on any atom is -0.484 e. The van der Waals surface area contributed by atoms with Gasteiger partial charge < -0.3 is 19.7 Å². The van der Waals surface area contributed by atoms with Gasteiger partial charge in [-0.25, -0.2) is 0 Å². The number of aryl methyl sites for hydroxylation is 1. The maximum absolute atomic E-state index is 12.3. The molecule has 2 aliphatic rings. The molecule has 5 nitrogen and oxygen atoms in total. The monoisotopic (exact) mass is 290 g/mol. The van der Waals surface area contributed by atoms with Gasteiger partial charge in [-0.1, -0.05) is 18.2 Å². The van der Waals surface area contributed by atoms with Crippen molar-refractivity contribution in [2.45, 2.75) is 18.9 Å². The molecular weight excluding hydrogens is 268 g/mol. The maximum Gasteiger partial charge on any atom is 0.260 e. The molecule has 1 unspecified atom stereocenters. The smallest absolute Gasteiger partial charge is 0.260 e. The summed E-state index contributed by atoms with van der Waals surface area (Å²) in [6, 6.07) is 7.75. The Kier molecular flexibility index (Phi) is 4.12. The number of carbonyl (C=O) groups is 1. The van der Waals surface area contributed by atoms with Crippen LogP contribution in [0.25, 0.3) is 0 Å². The zero-order valence-electron chi connectivity index (χ0n) is 12.4. The van der Waals surface area contributed by atoms with Crippen LogP contribution in [0.3, 0.4) is 0 Å². The van der Waals surface area contributed by atoms with Crippen molar-refractivity contribution in [3.05, 3.63) is 29.8 Å². The molecule has 21 heavy (non-hydrogen) atoms. The van der Waals surface area contributed by atoms with Crippen LogP contribution < -0.4 is 10.1 Å². The molecule has 1 N–H and O–H groups in total. The van der Waals surface area contributed by atoms with Gasteiger partial charge in [-0.2, -0.15) is 0 Å². The average molecular weight is 290 g/mol. The topological polar surface area (TPSA) is 50.8 Å². The minimum absolute atomic E-state index is 0.0350. The highest BCUT2D eigenvalue weighted by atomic mass is 16.5. The zero-order chi connectivity index (χ0) is 14.7. The molecule has 0 aliphatic carbocycles. The number of nitrogens with one attached hydrogen (secondary N) is 1. The summed E-state index contributed by atoms with van der Waals surface area (Å²) < 4.78 is 11.5. The van der Waals surface area contributed by atoms with Crippen LogP contribution in [-0.4, -0.2) is 55.8 Å². The van der Waals surface area contributed by atoms with Crippen LogP contribution in [0.2, 0.25) is 0 Å². The number of rotatable bonds is 3. The lowest BCUT2D eigenvalue weighted by Gasteiger charge is -2.39. The second kappa shape index (κ2) is 6.03. The van der Waals surface area contributed by atoms with E-state index in [2.05, 4.69) is 5.32 Å². The maximum atomic E-state index is 12.3. The molecule has 1 aromatic carbocycles. The van der Waals surface area contributed by atoms with Crippen LogP contribution >= 0.6 is 0 Å². The Bertz CT molecular complexity index is 512. The van der Waals surface area contributed by atoms with Crippen molar-refractivity contribution in [1.82, 2.24) is 10.2 Å². The van der Waals surface area contributed by atoms with E-state index in [-0.39, 0.29) is 18.1 Å². The molecule has 3 rings (SSSR count). The molecule has 1 aromatic rings. The van der Waals surface area contributed by atoms with Gasteiger partial charge in [-0.3, -0.25) is 4.79 Å². The van der Waals surface area contributed by atoms with Gasteiger partial charge in [-0.15, -0.1) is 0 Å². The highest BCUT2D eigenvalue weighted by Crippen LogP contribution is 2.25. The predicted octanol–water partition coefficient (Wildman–Crippen LogP) is 0.965. The second-order valence-electron chi connectivity index (χ2n) is 5.83. The van der Waals surface area contributed by atoms with Crippen molar-refractivity contribution >= 4 is 5.91 Å². The number of hydrogen-bond donors (Lipinski definition) is 1. The summed E-state index contributed by atoms with van der Waals surface area (Å²) in [5.74, 6) is 0.809. The average Bonchev–Trinajstić information content (AvgIpc) is 2.94. The van der Waals surface area contributed by atoms with Gasteiger partial charge in [0.05, 0.1) is 18.8 Å². The van der Waals surface area contributed by atoms with Crippen LogP contribution in [0.4, 0.5) is 0 Å². The quantitative estimate of drug-likeness (QED) is 0.901. The van der Waals surface area contributed by atoms with E-state index >= 15 is 0 Å². The van der Waals surface area contributed by atoms with Crippen LogP contribution in [0.15, 0.2) is 24.3 Å². The van der Waals surface area contributed by atoms with Gasteiger partial charge in [0.2, 0.25) is 0 Å². The molecular formula is C16H22N2O3. The van der Waals surface area contributed by atoms with Gasteiger partial charge in [-0.05, 0) is 31.5 Å². The first-order valence-corrected chi connectivity index (χ1v) is 7.49. The number of ether oxygens (including phenoxy) is 2. The Balaban J connectivity index is 1.57. The number of hydrogen-bond acceptors (Lipinski definition) is 4. The summed E-state index contributed by atoms with van der Waals surface area (Å²) in [6.07, 6.45) is 0.968. The number of amides is 1. The Labute approximate surface area is 125 Å². The van der Waals surface area contributed by atoms with E-state index in [9.17, 15) is 4.79 Å². The first kappa shape index (κ1) is 14.4. The van der Waals surface area contributed by atoms with Crippen LogP contribution in [-0.2, 0) is 9.53 Å². The van der Waals surface area contributed by atoms with E-state index in [0.717, 1.165) is 30.8 Å². The van der Waals surface area contributed by atoms with E-state index in [1.165, 1.54) is 0 Å². The summed E-state index contributed by atoms with van der Waals surface area (Å²) in [5, 5.41) is 3.31. The Morgan fingerprint density at radius 3 is 3.10 bits per heavy atom. The minimum atomic E-state index is -0.184. The SMILES string of the molecule is Cc1ccccc1OCC(=O)N1CCOC2(CCNC2)C1. The molecule has 2 heterocycles. The van der Waals surface area contributed by atoms with Gasteiger partial charge in [0.1, 0.15) is 5.75 Å². The summed E-state index contributed by atoms with van der Waals surface area (Å²) in [4.78, 5) is 14.2. The van der Waals surface area contributed by atoms with Crippen molar-refractivity contribution in [2.24, 2.45) is 0 Å². The predicted molar refractivity (Wildman–Crippen MR) is 79.4 cm³/mol. The third-order valence-electron chi connectivity index (χ3n) is 4.25. The Hall–Kier alpha value is -1.59. The van der Waals surface area contributed by atoms with Gasteiger partial charge in [0, 0.05) is 13.1 Å². The fourth-order valence-electron chi connectivity index (χ4n) is 2.99. The lowest BCUT2D eigenvalue weighted by atomic mass is 10.0. The number of nitrogens with zero attached hydrogens (tertiary/aromatic N) is 1. The number of para-hydroxylation sites is 1. The molecule has 2 aliphatic heterocycles. The van der Waals surface area contributed by atoms with Crippen molar-refractivity contribution < 1.29 is 14.3 Å². The number of benzene rings is 1. The molecule has 0 bridgehead atoms. The standard InChI is InChI=1S/C16H22N2O3/c1-13-4-2-3-5-14(13)20-10-15(19)18-8-9-21-16(12-18)6-7-17-11-16/h2-5,17H,6-12H2,1H3. The fourth-order valence-corrected chi connectivity index (χ4v) is 2.99. The van der Waals surface area contributed by atoms with E-state index in [1.54, 1.807) is 0 Å². The molecule has 0 saturated carbocycles. The first-order valence-electron chi connectivity index (χ1n) is 7.49. The number of morpholine rings is 1. The van der Waals surface area contributed by atoms with Crippen LogP contribution in [0.5, 0.6) is 5.75 Å². The summed E-state index contributed by atoms with van der Waals surface area (Å²) in [6.45, 7) is 5.78. The third-order valence-corrected chi connectivity index (χ3v) is 4.25. The normalized spacial score (nSPS) is 25.3. The highest BCUT2D eigenvalue weighted by molar-refractivity contribution is 5.78. The molecule has 114 valence electrons. The second-order valence-corrected chi connectivity index (χ2v) is 5.83. The Morgan fingerprint density at radius 1 is 1.48 bits per heavy atom. The first-order chi connectivity index (χ1) is 10.2. The lowest BCUT2D eigenvalue weighted by Crippen LogP contribution is -2.55. The summed E-state index contributed by atoms with van der Waals surface area (Å²) >= 11 is 0. The molecule has 2 saturated heterocycles. The molecule has 2 fully saturated rings. The van der Waals surface area contributed by atoms with Crippen molar-refractivity contribution in [3.63, 3.8) is 0 Å². The van der Waals surface area contributed by atoms with Crippen LogP contribution in [0.1, 0.15) is 12.0 Å². The Morgan fingerprint density at radius 2 is 2.33 bits per heavy atom.